The molecule has 0 spiro atoms. The summed E-state index contributed by atoms with van der Waals surface area (Å²) in [4.78, 5) is 4.46. The lowest BCUT2D eigenvalue weighted by Gasteiger charge is -2.12. The number of ether oxygens (including phenoxy) is 1. The van der Waals surface area contributed by atoms with Gasteiger partial charge in [-0.25, -0.2) is 4.98 Å². The fraction of sp³-hybridized carbons (Fsp3) is 0.818. The predicted octanol–water partition coefficient (Wildman–Crippen LogP) is 1.48. The molecule has 17 heavy (non-hydrogen) atoms. The smallest absolute Gasteiger partial charge is 0.202 e. The Kier molecular flexibility index (Phi) is 5.80. The van der Waals surface area contributed by atoms with E-state index in [1.54, 1.807) is 7.11 Å². The summed E-state index contributed by atoms with van der Waals surface area (Å²) in [5.41, 5.74) is 0.0210. The van der Waals surface area contributed by atoms with Crippen LogP contribution in [-0.2, 0) is 10.2 Å². The first-order chi connectivity index (χ1) is 8.04. The van der Waals surface area contributed by atoms with E-state index in [1.165, 1.54) is 11.5 Å². The third-order valence-corrected chi connectivity index (χ3v) is 2.83. The van der Waals surface area contributed by atoms with Crippen molar-refractivity contribution < 1.29 is 4.74 Å². The Morgan fingerprint density at radius 1 is 1.24 bits per heavy atom. The van der Waals surface area contributed by atoms with Gasteiger partial charge in [-0.2, -0.15) is 4.37 Å². The molecule has 0 saturated carbocycles. The lowest BCUT2D eigenvalue weighted by atomic mass is 9.96. The second-order valence-corrected chi connectivity index (χ2v) is 5.59. The first-order valence-corrected chi connectivity index (χ1v) is 6.59. The molecular formula is C11H22N4OS. The molecule has 1 aromatic heterocycles. The van der Waals surface area contributed by atoms with Gasteiger partial charge in [-0.05, 0) is 0 Å². The van der Waals surface area contributed by atoms with Gasteiger partial charge < -0.3 is 15.4 Å². The fourth-order valence-electron chi connectivity index (χ4n) is 1.16. The van der Waals surface area contributed by atoms with Crippen molar-refractivity contribution in [1.29, 1.82) is 0 Å². The quantitative estimate of drug-likeness (QED) is 0.726. The molecule has 0 aliphatic heterocycles. The van der Waals surface area contributed by atoms with Crippen molar-refractivity contribution in [3.8, 4) is 0 Å². The molecule has 1 aromatic rings. The summed E-state index contributed by atoms with van der Waals surface area (Å²) >= 11 is 1.42. The molecule has 6 heteroatoms. The summed E-state index contributed by atoms with van der Waals surface area (Å²) < 4.78 is 9.29. The molecule has 1 rings (SSSR count). The Hall–Kier alpha value is -0.720. The Balaban J connectivity index is 2.21. The van der Waals surface area contributed by atoms with Gasteiger partial charge in [0.05, 0.1) is 6.61 Å². The first-order valence-electron chi connectivity index (χ1n) is 5.82. The number of methoxy groups -OCH3 is 1. The van der Waals surface area contributed by atoms with E-state index >= 15 is 0 Å². The number of hydrogen-bond acceptors (Lipinski definition) is 6. The molecule has 0 aliphatic rings. The van der Waals surface area contributed by atoms with Crippen LogP contribution in [0.2, 0.25) is 0 Å². The van der Waals surface area contributed by atoms with Crippen molar-refractivity contribution in [3.05, 3.63) is 5.82 Å². The van der Waals surface area contributed by atoms with Crippen molar-refractivity contribution in [2.45, 2.75) is 26.2 Å². The van der Waals surface area contributed by atoms with Crippen LogP contribution >= 0.6 is 11.5 Å². The molecule has 0 unspecified atom stereocenters. The fourth-order valence-corrected chi connectivity index (χ4v) is 1.94. The Bertz CT molecular complexity index is 322. The van der Waals surface area contributed by atoms with E-state index in [4.69, 9.17) is 4.74 Å². The summed E-state index contributed by atoms with van der Waals surface area (Å²) in [6.07, 6.45) is 0. The van der Waals surface area contributed by atoms with Crippen LogP contribution in [0.25, 0.3) is 0 Å². The molecule has 1 heterocycles. The van der Waals surface area contributed by atoms with Gasteiger partial charge >= 0.3 is 0 Å². The van der Waals surface area contributed by atoms with Gasteiger partial charge in [-0.1, -0.05) is 20.8 Å². The summed E-state index contributed by atoms with van der Waals surface area (Å²) in [6, 6.07) is 0. The highest BCUT2D eigenvalue weighted by Crippen LogP contribution is 2.22. The van der Waals surface area contributed by atoms with Crippen molar-refractivity contribution in [3.63, 3.8) is 0 Å². The molecule has 2 N–H and O–H groups in total. The molecular weight excluding hydrogens is 236 g/mol. The van der Waals surface area contributed by atoms with E-state index in [2.05, 4.69) is 40.8 Å². The normalized spacial score (nSPS) is 11.8. The zero-order valence-electron chi connectivity index (χ0n) is 11.0. The number of hydrogen-bond donors (Lipinski definition) is 2. The van der Waals surface area contributed by atoms with Crippen molar-refractivity contribution >= 4 is 16.7 Å². The van der Waals surface area contributed by atoms with Gasteiger partial charge in [0, 0.05) is 43.7 Å². The van der Waals surface area contributed by atoms with E-state index in [1.807, 2.05) is 0 Å². The van der Waals surface area contributed by atoms with Crippen LogP contribution in [0.1, 0.15) is 26.6 Å². The molecule has 0 atom stereocenters. The van der Waals surface area contributed by atoms with Crippen LogP contribution in [0.5, 0.6) is 0 Å². The zero-order chi connectivity index (χ0) is 12.7. The molecule has 0 radical (unpaired) electrons. The van der Waals surface area contributed by atoms with Gasteiger partial charge in [0.25, 0.3) is 0 Å². The minimum atomic E-state index is 0.0210. The van der Waals surface area contributed by atoms with Crippen molar-refractivity contribution in [2.24, 2.45) is 0 Å². The van der Waals surface area contributed by atoms with Gasteiger partial charge in [0.15, 0.2) is 0 Å². The molecule has 5 nitrogen and oxygen atoms in total. The van der Waals surface area contributed by atoms with Gasteiger partial charge in [0.1, 0.15) is 5.82 Å². The summed E-state index contributed by atoms with van der Waals surface area (Å²) in [7, 11) is 1.70. The van der Waals surface area contributed by atoms with E-state index in [-0.39, 0.29) is 5.41 Å². The van der Waals surface area contributed by atoms with Crippen LogP contribution in [0.3, 0.4) is 0 Å². The zero-order valence-corrected chi connectivity index (χ0v) is 11.9. The van der Waals surface area contributed by atoms with Crippen LogP contribution in [-0.4, -0.2) is 42.7 Å². The maximum absolute atomic E-state index is 4.94. The molecule has 0 fully saturated rings. The average Bonchev–Trinajstić information content (AvgIpc) is 2.71. The van der Waals surface area contributed by atoms with Crippen LogP contribution in [0, 0.1) is 0 Å². The van der Waals surface area contributed by atoms with Crippen LogP contribution in [0.15, 0.2) is 0 Å². The number of nitrogens with zero attached hydrogens (tertiary/aromatic N) is 2. The maximum atomic E-state index is 4.94. The minimum absolute atomic E-state index is 0.0210. The highest BCUT2D eigenvalue weighted by molar-refractivity contribution is 7.09. The number of aromatic nitrogens is 2. The van der Waals surface area contributed by atoms with E-state index < -0.39 is 0 Å². The highest BCUT2D eigenvalue weighted by atomic mass is 32.1. The molecule has 0 bridgehead atoms. The number of nitrogens with one attached hydrogen (secondary N) is 2. The molecule has 98 valence electrons. The van der Waals surface area contributed by atoms with Gasteiger partial charge in [-0.3, -0.25) is 0 Å². The number of rotatable bonds is 7. The third kappa shape index (κ3) is 5.43. The summed E-state index contributed by atoms with van der Waals surface area (Å²) in [5.74, 6) is 0.900. The average molecular weight is 258 g/mol. The topological polar surface area (TPSA) is 59.1 Å². The van der Waals surface area contributed by atoms with Gasteiger partial charge in [-0.15, -0.1) is 0 Å². The van der Waals surface area contributed by atoms with Gasteiger partial charge in [0.2, 0.25) is 5.13 Å². The summed E-state index contributed by atoms with van der Waals surface area (Å²) in [5, 5.41) is 7.41. The van der Waals surface area contributed by atoms with Crippen molar-refractivity contribution in [1.82, 2.24) is 14.7 Å². The van der Waals surface area contributed by atoms with E-state index in [0.717, 1.165) is 37.2 Å². The standard InChI is InChI=1S/C11H22N4OS/c1-11(2,3)9-14-10(17-15-9)13-6-5-12-7-8-16-4/h12H,5-8H2,1-4H3,(H,13,14,15). The first kappa shape index (κ1) is 14.3. The second kappa shape index (κ2) is 6.88. The lowest BCUT2D eigenvalue weighted by Crippen LogP contribution is -2.25. The molecule has 0 saturated heterocycles. The lowest BCUT2D eigenvalue weighted by molar-refractivity contribution is 0.200. The summed E-state index contributed by atoms with van der Waals surface area (Å²) in [6.45, 7) is 9.71. The largest absolute Gasteiger partial charge is 0.383 e. The SMILES string of the molecule is COCCNCCNc1nc(C(C)(C)C)ns1. The monoisotopic (exact) mass is 258 g/mol. The molecule has 0 amide bonds. The number of anilines is 1. The van der Waals surface area contributed by atoms with E-state index in [0.29, 0.717) is 0 Å². The van der Waals surface area contributed by atoms with Crippen LogP contribution < -0.4 is 10.6 Å². The molecule has 0 aliphatic carbocycles. The second-order valence-electron chi connectivity index (χ2n) is 4.84. The Labute approximate surface area is 107 Å². The molecule has 0 aromatic carbocycles. The highest BCUT2D eigenvalue weighted by Gasteiger charge is 2.19. The van der Waals surface area contributed by atoms with E-state index in [9.17, 15) is 0 Å². The Morgan fingerprint density at radius 3 is 2.59 bits per heavy atom. The van der Waals surface area contributed by atoms with Crippen LogP contribution in [0.4, 0.5) is 5.13 Å². The van der Waals surface area contributed by atoms with Crippen molar-refractivity contribution in [2.75, 3.05) is 38.7 Å². The predicted molar refractivity (Wildman–Crippen MR) is 71.8 cm³/mol. The third-order valence-electron chi connectivity index (χ3n) is 2.16. The maximum Gasteiger partial charge on any atom is 0.202 e. The minimum Gasteiger partial charge on any atom is -0.383 e. The Morgan fingerprint density at radius 2 is 2.00 bits per heavy atom.